The van der Waals surface area contributed by atoms with Crippen molar-refractivity contribution in [2.75, 3.05) is 95.9 Å². The molecule has 0 aromatic heterocycles. The maximum Gasteiger partial charge on any atom is 0.308 e. The Hall–Kier alpha value is -4.46. The molecule has 6 aliphatic heterocycles. The molecule has 0 bridgehead atoms. The normalized spacial score (nSPS) is 35.8. The van der Waals surface area contributed by atoms with E-state index in [1.54, 1.807) is 28.1 Å². The minimum absolute atomic E-state index is 0.0390. The van der Waals surface area contributed by atoms with E-state index >= 15 is 0 Å². The second-order valence-electron chi connectivity index (χ2n) is 45.4. The van der Waals surface area contributed by atoms with Gasteiger partial charge in [-0.3, -0.25) is 19.2 Å². The predicted octanol–water partition coefficient (Wildman–Crippen LogP) is 15.1. The predicted molar refractivity (Wildman–Crippen MR) is 548 cm³/mol. The standard InChI is InChI=1S/C55H98N2O14Si.C53H92N2O13Si/c1-18-44(59)70-55(10)33-47(66-38(5)37(55)4)68-50-39(6)67-53(49(61)48(50)56(11)12)69-51-41(31-46(62-13)63-14)30-35(2)43(71-72(16,17)54(7,8)9)34-57(28-23-22-26-40-24-20-19-21-25-40)29-27-36(3)65-45(60)32-42(58)52(51)64-15;1-16-43(58)67-53(10)32-45(63-37(5)36(53)4)65-48-38(6)64-51(47(60)46(48)54(11)12)66-49-40(26-29-56)30-34(2)42(68-69(14,15)52(7,8)9)33-55(27-21-20-24-39-22-18-17-19-23-39)28-25-35(3)62-44(59)31-41(57)50(49)61-13/h19-21,24-25,35-39,41-43,46-53,58,61H,18,22-23,26-34H2,1-17H3;17-19,22-23,29,34-38,40-42,45-51,57,60H,16,20-21,24-28,30-33H2,1-15H3/t35-,36-,37?,38?,39?,41-,42-,43+,47?,48?,49?,50?,51+,52?,53?,55?;34-,35-,36?,37?,38?,40+,41-,42+,45?,46?,47?,48?,49+,50?,51?,53?/m11/s1. The fourth-order valence-electron chi connectivity index (χ4n) is 20.4. The van der Waals surface area contributed by atoms with Crippen LogP contribution in [0.25, 0.3) is 0 Å². The van der Waals surface area contributed by atoms with Crippen LogP contribution < -0.4 is 0 Å². The van der Waals surface area contributed by atoms with Crippen LogP contribution in [0.1, 0.15) is 252 Å². The van der Waals surface area contributed by atoms with Crippen molar-refractivity contribution in [3.8, 4) is 0 Å². The minimum atomic E-state index is -2.36. The van der Waals surface area contributed by atoms with Crippen LogP contribution in [0.15, 0.2) is 60.7 Å². The lowest BCUT2D eigenvalue weighted by atomic mass is 9.81. The molecule has 141 heavy (non-hydrogen) atoms. The molecule has 0 amide bonds. The van der Waals surface area contributed by atoms with Gasteiger partial charge in [-0.15, -0.1) is 0 Å². The van der Waals surface area contributed by atoms with Crippen LogP contribution in [0.2, 0.25) is 36.3 Å². The van der Waals surface area contributed by atoms with E-state index in [9.17, 15) is 44.4 Å². The molecule has 2 aromatic carbocycles. The summed E-state index contributed by atoms with van der Waals surface area (Å²) in [5.74, 6) is -3.16. The van der Waals surface area contributed by atoms with Gasteiger partial charge in [0.15, 0.2) is 48.1 Å². The molecule has 0 saturated carbocycles. The summed E-state index contributed by atoms with van der Waals surface area (Å²) in [5, 5.41) is 48.7. The first-order chi connectivity index (χ1) is 66.1. The number of carbonyl (C=O) groups excluding carboxylic acids is 5. The van der Waals surface area contributed by atoms with Gasteiger partial charge in [0, 0.05) is 105 Å². The average Bonchev–Trinajstić information content (AvgIpc) is 0.812. The van der Waals surface area contributed by atoms with E-state index < -0.39 is 181 Å². The lowest BCUT2D eigenvalue weighted by molar-refractivity contribution is -0.342. The highest BCUT2D eigenvalue weighted by Crippen LogP contribution is 2.47. The van der Waals surface area contributed by atoms with Crippen molar-refractivity contribution in [3.63, 3.8) is 0 Å². The Bertz CT molecular complexity index is 3960. The number of likely N-dealkylation sites (N-methyl/N-ethyl adjacent to an activating group) is 2. The molecule has 0 spiro atoms. The molecule has 33 heteroatoms. The first-order valence-electron chi connectivity index (χ1n) is 52.7. The summed E-state index contributed by atoms with van der Waals surface area (Å²) >= 11 is 0. The number of cyclic esters (lactones) is 2. The number of aliphatic hydroxyl groups excluding tert-OH is 4. The summed E-state index contributed by atoms with van der Waals surface area (Å²) in [6.07, 6.45) is -9.34. The number of unbranched alkanes of at least 4 members (excludes halogenated alkanes) is 2. The number of nitrogens with zero attached hydrogens (tertiary/aromatic N) is 4. The molecule has 8 rings (SSSR count). The number of aldehydes is 1. The van der Waals surface area contributed by atoms with Gasteiger partial charge >= 0.3 is 23.9 Å². The topological polar surface area (TPSA) is 345 Å². The fraction of sp³-hybridized carbons (Fsp3) is 0.843. The van der Waals surface area contributed by atoms with Gasteiger partial charge in [0.2, 0.25) is 0 Å². The van der Waals surface area contributed by atoms with E-state index in [2.05, 4.69) is 140 Å². The summed E-state index contributed by atoms with van der Waals surface area (Å²) in [6.45, 7) is 54.0. The van der Waals surface area contributed by atoms with Gasteiger partial charge in [-0.05, 0) is 232 Å². The Morgan fingerprint density at radius 1 is 0.511 bits per heavy atom. The number of methoxy groups -OCH3 is 4. The smallest absolute Gasteiger partial charge is 0.308 e. The minimum Gasteiger partial charge on any atom is -0.463 e. The van der Waals surface area contributed by atoms with E-state index in [-0.39, 0.29) is 115 Å². The molecule has 6 heterocycles. The zero-order valence-corrected chi connectivity index (χ0v) is 94.2. The number of hydrogen-bond acceptors (Lipinski definition) is 31. The van der Waals surface area contributed by atoms with E-state index in [0.717, 1.165) is 57.9 Å². The van der Waals surface area contributed by atoms with Crippen LogP contribution in [0, 0.1) is 35.5 Å². The molecule has 6 fully saturated rings. The molecule has 32 atom stereocenters. The maximum absolute atomic E-state index is 13.7. The van der Waals surface area contributed by atoms with Crippen molar-refractivity contribution in [2.24, 2.45) is 35.5 Å². The number of ether oxygens (including phenoxy) is 16. The zero-order chi connectivity index (χ0) is 105. The van der Waals surface area contributed by atoms with Crippen molar-refractivity contribution >= 4 is 46.8 Å². The van der Waals surface area contributed by atoms with Crippen molar-refractivity contribution in [1.82, 2.24) is 19.6 Å². The third-order valence-electron chi connectivity index (χ3n) is 31.9. The highest BCUT2D eigenvalue weighted by atomic mass is 28.4. The average molecular weight is 2030 g/mol. The largest absolute Gasteiger partial charge is 0.463 e. The van der Waals surface area contributed by atoms with Crippen LogP contribution in [0.3, 0.4) is 0 Å². The molecule has 20 unspecified atom stereocenters. The maximum atomic E-state index is 13.7. The molecule has 6 saturated heterocycles. The monoisotopic (exact) mass is 2030 g/mol. The quantitative estimate of drug-likeness (QED) is 0.0123. The highest BCUT2D eigenvalue weighted by Gasteiger charge is 2.57. The molecule has 4 N–H and O–H groups in total. The SMILES string of the molecule is CCC(=O)OC1(C)CC(OC2C(C)OC(O[C@@H]3C(OC)[C@H](O)CC(=O)O[C@H](C)CCN(CCCCc4ccccc4)C[C@H](O[Si](C)(C)C(C)(C)C)[C@H](C)C[C@@H]3CC(OC)OC)C(O)C2N(C)C)OC(C)C1C.CCC(=O)OC1(C)CC(OC2C(C)OC(O[C@@H]3C(OC)[C@H](O)CC(=O)O[C@H](C)CCN(CCCCc4ccccc4)C[C@H](O[Si](C)(C)C(C)(C)C)[C@H](C)C[C@@H]3CC=O)C(O)C2N(C)C)OC(C)C1C. The van der Waals surface area contributed by atoms with Gasteiger partial charge in [0.1, 0.15) is 66.3 Å². The molecule has 6 aliphatic rings. The van der Waals surface area contributed by atoms with Gasteiger partial charge in [-0.1, -0.05) is 144 Å². The zero-order valence-electron chi connectivity index (χ0n) is 92.2. The Kier molecular flexibility index (Phi) is 49.9. The van der Waals surface area contributed by atoms with Crippen molar-refractivity contribution in [1.29, 1.82) is 0 Å². The van der Waals surface area contributed by atoms with Gasteiger partial charge in [-0.2, -0.15) is 0 Å². The lowest BCUT2D eigenvalue weighted by Crippen LogP contribution is -2.65. The van der Waals surface area contributed by atoms with Gasteiger partial charge in [0.25, 0.3) is 0 Å². The number of benzene rings is 2. The molecule has 812 valence electrons. The third kappa shape index (κ3) is 36.2. The molecular formula is C108H190N4O27Si2. The molecule has 0 aliphatic carbocycles. The summed E-state index contributed by atoms with van der Waals surface area (Å²) in [7, 11) is 8.78. The molecule has 0 radical (unpaired) electrons. The Balaban J connectivity index is 0.000000383. The summed E-state index contributed by atoms with van der Waals surface area (Å²) in [5.41, 5.74) is 0.930. The summed E-state index contributed by atoms with van der Waals surface area (Å²) in [6, 6.07) is 19.7. The van der Waals surface area contributed by atoms with Crippen molar-refractivity contribution in [2.45, 2.75) is 455 Å². The van der Waals surface area contributed by atoms with E-state index in [4.69, 9.17) is 84.6 Å². The third-order valence-corrected chi connectivity index (χ3v) is 40.9. The number of esters is 4. The van der Waals surface area contributed by atoms with E-state index in [0.29, 0.717) is 58.3 Å². The number of hydrogen-bond donors (Lipinski definition) is 4. The highest BCUT2D eigenvalue weighted by molar-refractivity contribution is 6.74. The summed E-state index contributed by atoms with van der Waals surface area (Å²) < 4.78 is 116. The molecular weight excluding hydrogens is 1840 g/mol. The Morgan fingerprint density at radius 3 is 1.21 bits per heavy atom. The van der Waals surface area contributed by atoms with Crippen LogP contribution in [0.4, 0.5) is 0 Å². The van der Waals surface area contributed by atoms with Crippen LogP contribution >= 0.6 is 0 Å². The van der Waals surface area contributed by atoms with E-state index in [1.165, 1.54) is 25.3 Å². The molecule has 2 aromatic rings. The van der Waals surface area contributed by atoms with Crippen LogP contribution in [-0.2, 0) is 121 Å². The van der Waals surface area contributed by atoms with Crippen molar-refractivity contribution in [3.05, 3.63) is 71.8 Å². The number of carbonyl (C=O) groups is 5. The number of aliphatic hydroxyl groups is 4. The number of aryl methyl sites for hydroxylation is 2. The Morgan fingerprint density at radius 2 is 0.872 bits per heavy atom. The van der Waals surface area contributed by atoms with Crippen molar-refractivity contribution < 1.29 is 129 Å². The number of rotatable bonds is 36. The fourth-order valence-corrected chi connectivity index (χ4v) is 23.3. The van der Waals surface area contributed by atoms with E-state index in [1.807, 2.05) is 119 Å². The van der Waals surface area contributed by atoms with Gasteiger partial charge < -0.3 is 129 Å². The second-order valence-corrected chi connectivity index (χ2v) is 55.0. The lowest BCUT2D eigenvalue weighted by Gasteiger charge is -2.51. The Labute approximate surface area is 849 Å². The first kappa shape index (κ1) is 123. The van der Waals surface area contributed by atoms with Crippen LogP contribution in [0.5, 0.6) is 0 Å². The molecule has 31 nitrogen and oxygen atoms in total. The van der Waals surface area contributed by atoms with Gasteiger partial charge in [-0.25, -0.2) is 0 Å². The second kappa shape index (κ2) is 57.0. The van der Waals surface area contributed by atoms with Crippen LogP contribution in [-0.4, -0.2) is 347 Å². The summed E-state index contributed by atoms with van der Waals surface area (Å²) in [4.78, 5) is 73.9. The first-order valence-corrected chi connectivity index (χ1v) is 58.5. The van der Waals surface area contributed by atoms with Gasteiger partial charge in [0.05, 0.1) is 86.0 Å².